The molecule has 0 aromatic heterocycles. The predicted molar refractivity (Wildman–Crippen MR) is 97.1 cm³/mol. The zero-order valence-corrected chi connectivity index (χ0v) is 14.0. The van der Waals surface area contributed by atoms with E-state index in [-0.39, 0.29) is 11.6 Å². The van der Waals surface area contributed by atoms with Gasteiger partial charge in [0.25, 0.3) is 0 Å². The van der Waals surface area contributed by atoms with Crippen molar-refractivity contribution < 1.29 is 17.6 Å². The monoisotopic (exact) mass is 356 g/mol. The summed E-state index contributed by atoms with van der Waals surface area (Å²) in [5.74, 6) is -0.689. The number of benzene rings is 3. The first-order chi connectivity index (χ1) is 12.3. The van der Waals surface area contributed by atoms with Gasteiger partial charge < -0.3 is 0 Å². The second-order valence-electron chi connectivity index (χ2n) is 6.05. The van der Waals surface area contributed by atoms with Crippen molar-refractivity contribution >= 4 is 6.08 Å². The van der Waals surface area contributed by atoms with Crippen molar-refractivity contribution in [1.29, 1.82) is 0 Å². The standard InChI is InChI=1S/C22H16F4/c1-15-2-4-16(5-3-15)17-6-8-18(9-7-17)20-11-10-19(21(23)14-20)12-13-22(24,25)26/h2-14H,1H3. The first-order valence-electron chi connectivity index (χ1n) is 8.05. The molecule has 0 heterocycles. The van der Waals surface area contributed by atoms with E-state index in [1.54, 1.807) is 6.07 Å². The van der Waals surface area contributed by atoms with Gasteiger partial charge in [0, 0.05) is 11.6 Å². The molecule has 3 aromatic carbocycles. The molecule has 3 rings (SSSR count). The van der Waals surface area contributed by atoms with Gasteiger partial charge in [-0.2, -0.15) is 13.2 Å². The summed E-state index contributed by atoms with van der Waals surface area (Å²) in [5.41, 5.74) is 4.62. The second kappa shape index (κ2) is 7.16. The normalized spacial score (nSPS) is 11.9. The van der Waals surface area contributed by atoms with E-state index in [2.05, 4.69) is 0 Å². The van der Waals surface area contributed by atoms with Gasteiger partial charge in [0.05, 0.1) is 0 Å². The summed E-state index contributed by atoms with van der Waals surface area (Å²) < 4.78 is 50.7. The molecule has 0 saturated heterocycles. The SMILES string of the molecule is Cc1ccc(-c2ccc(-c3ccc(C=CC(F)(F)F)c(F)c3)cc2)cc1. The molecule has 0 aliphatic heterocycles. The largest absolute Gasteiger partial charge is 0.409 e. The van der Waals surface area contributed by atoms with Gasteiger partial charge in [-0.15, -0.1) is 0 Å². The van der Waals surface area contributed by atoms with E-state index in [0.717, 1.165) is 22.8 Å². The smallest absolute Gasteiger partial charge is 0.206 e. The average Bonchev–Trinajstić information content (AvgIpc) is 2.61. The molecule has 26 heavy (non-hydrogen) atoms. The molecule has 0 unspecified atom stereocenters. The predicted octanol–water partition coefficient (Wildman–Crippen LogP) is 7.04. The zero-order valence-electron chi connectivity index (χ0n) is 14.0. The molecule has 132 valence electrons. The third-order valence-corrected chi connectivity index (χ3v) is 4.06. The van der Waals surface area contributed by atoms with Gasteiger partial charge in [-0.05, 0) is 41.3 Å². The molecule has 0 saturated carbocycles. The first-order valence-corrected chi connectivity index (χ1v) is 8.05. The van der Waals surface area contributed by atoms with Crippen LogP contribution in [0.25, 0.3) is 28.3 Å². The third-order valence-electron chi connectivity index (χ3n) is 4.06. The lowest BCUT2D eigenvalue weighted by atomic mass is 9.99. The van der Waals surface area contributed by atoms with Crippen molar-refractivity contribution in [3.8, 4) is 22.3 Å². The lowest BCUT2D eigenvalue weighted by Gasteiger charge is -2.07. The summed E-state index contributed by atoms with van der Waals surface area (Å²) >= 11 is 0. The van der Waals surface area contributed by atoms with Crippen molar-refractivity contribution in [1.82, 2.24) is 0 Å². The van der Waals surface area contributed by atoms with Crippen molar-refractivity contribution in [2.75, 3.05) is 0 Å². The Balaban J connectivity index is 1.84. The fourth-order valence-electron chi connectivity index (χ4n) is 2.63. The molecule has 0 radical (unpaired) electrons. The molecule has 0 bridgehead atoms. The highest BCUT2D eigenvalue weighted by Crippen LogP contribution is 2.27. The van der Waals surface area contributed by atoms with Crippen LogP contribution >= 0.6 is 0 Å². The van der Waals surface area contributed by atoms with Crippen LogP contribution in [0.1, 0.15) is 11.1 Å². The minimum atomic E-state index is -4.46. The van der Waals surface area contributed by atoms with Crippen LogP contribution in [0.5, 0.6) is 0 Å². The summed E-state index contributed by atoms with van der Waals surface area (Å²) in [6.07, 6.45) is -3.70. The van der Waals surface area contributed by atoms with Crippen LogP contribution in [0.2, 0.25) is 0 Å². The van der Waals surface area contributed by atoms with Crippen LogP contribution in [0.3, 0.4) is 0 Å². The number of alkyl halides is 3. The van der Waals surface area contributed by atoms with E-state index >= 15 is 0 Å². The minimum absolute atomic E-state index is 0.0292. The highest BCUT2D eigenvalue weighted by atomic mass is 19.4. The summed E-state index contributed by atoms with van der Waals surface area (Å²) in [5, 5.41) is 0. The highest BCUT2D eigenvalue weighted by Gasteiger charge is 2.22. The van der Waals surface area contributed by atoms with E-state index in [1.807, 2.05) is 55.5 Å². The third kappa shape index (κ3) is 4.39. The van der Waals surface area contributed by atoms with Crippen LogP contribution in [0, 0.1) is 12.7 Å². The molecule has 0 fully saturated rings. The number of hydrogen-bond donors (Lipinski definition) is 0. The van der Waals surface area contributed by atoms with Gasteiger partial charge in [-0.25, -0.2) is 4.39 Å². The van der Waals surface area contributed by atoms with E-state index in [4.69, 9.17) is 0 Å². The second-order valence-corrected chi connectivity index (χ2v) is 6.05. The van der Waals surface area contributed by atoms with Gasteiger partial charge in [0.1, 0.15) is 5.82 Å². The van der Waals surface area contributed by atoms with E-state index in [9.17, 15) is 17.6 Å². The average molecular weight is 356 g/mol. The van der Waals surface area contributed by atoms with E-state index in [1.165, 1.54) is 17.7 Å². The lowest BCUT2D eigenvalue weighted by Crippen LogP contribution is -2.00. The molecule has 0 aliphatic rings. The zero-order chi connectivity index (χ0) is 18.7. The fourth-order valence-corrected chi connectivity index (χ4v) is 2.63. The molecular weight excluding hydrogens is 340 g/mol. The topological polar surface area (TPSA) is 0 Å². The molecule has 0 aliphatic carbocycles. The Bertz CT molecular complexity index is 918. The van der Waals surface area contributed by atoms with Crippen molar-refractivity contribution in [3.63, 3.8) is 0 Å². The Labute approximate surface area is 149 Å². The Kier molecular flexibility index (Phi) is 4.94. The quantitative estimate of drug-likeness (QED) is 0.441. The number of allylic oxidation sites excluding steroid dienone is 1. The Hall–Kier alpha value is -2.88. The Morgan fingerprint density at radius 1 is 0.692 bits per heavy atom. The highest BCUT2D eigenvalue weighted by molar-refractivity contribution is 5.71. The molecule has 0 N–H and O–H groups in total. The maximum Gasteiger partial charge on any atom is 0.409 e. The van der Waals surface area contributed by atoms with E-state index in [0.29, 0.717) is 5.56 Å². The maximum atomic E-state index is 14.1. The van der Waals surface area contributed by atoms with Gasteiger partial charge in [0.15, 0.2) is 0 Å². The molecule has 4 heteroatoms. The van der Waals surface area contributed by atoms with Gasteiger partial charge in [0.2, 0.25) is 0 Å². The van der Waals surface area contributed by atoms with Gasteiger partial charge >= 0.3 is 6.18 Å². The summed E-state index contributed by atoms with van der Waals surface area (Å²) in [6, 6.07) is 20.0. The number of halogens is 4. The van der Waals surface area contributed by atoms with Crippen LogP contribution in [0.15, 0.2) is 72.8 Å². The Morgan fingerprint density at radius 3 is 1.65 bits per heavy atom. The van der Waals surface area contributed by atoms with Crippen molar-refractivity contribution in [3.05, 3.63) is 89.8 Å². The molecule has 0 spiro atoms. The maximum absolute atomic E-state index is 14.1. The van der Waals surface area contributed by atoms with Crippen LogP contribution in [0.4, 0.5) is 17.6 Å². The molecule has 0 nitrogen and oxygen atoms in total. The van der Waals surface area contributed by atoms with Crippen molar-refractivity contribution in [2.45, 2.75) is 13.1 Å². The number of hydrogen-bond acceptors (Lipinski definition) is 0. The Morgan fingerprint density at radius 2 is 1.15 bits per heavy atom. The van der Waals surface area contributed by atoms with Gasteiger partial charge in [-0.1, -0.05) is 66.2 Å². The molecule has 0 amide bonds. The summed E-state index contributed by atoms with van der Waals surface area (Å²) in [7, 11) is 0. The van der Waals surface area contributed by atoms with Crippen LogP contribution in [-0.2, 0) is 0 Å². The fraction of sp³-hybridized carbons (Fsp3) is 0.0909. The van der Waals surface area contributed by atoms with Crippen LogP contribution < -0.4 is 0 Å². The van der Waals surface area contributed by atoms with Crippen molar-refractivity contribution in [2.24, 2.45) is 0 Å². The molecule has 3 aromatic rings. The van der Waals surface area contributed by atoms with Gasteiger partial charge in [-0.3, -0.25) is 0 Å². The van der Waals surface area contributed by atoms with E-state index < -0.39 is 12.0 Å². The molecular formula is C22H16F4. The number of rotatable bonds is 3. The first kappa shape index (κ1) is 17.9. The number of aryl methyl sites for hydroxylation is 1. The summed E-state index contributed by atoms with van der Waals surface area (Å²) in [4.78, 5) is 0. The minimum Gasteiger partial charge on any atom is -0.206 e. The van der Waals surface area contributed by atoms with Crippen LogP contribution in [-0.4, -0.2) is 6.18 Å². The summed E-state index contributed by atoms with van der Waals surface area (Å²) in [6.45, 7) is 2.02. The lowest BCUT2D eigenvalue weighted by molar-refractivity contribution is -0.0790. The molecule has 0 atom stereocenters.